The van der Waals surface area contributed by atoms with Crippen molar-refractivity contribution in [2.75, 3.05) is 6.61 Å². The lowest BCUT2D eigenvalue weighted by Crippen LogP contribution is -1.89. The second-order valence-electron chi connectivity index (χ2n) is 3.99. The Bertz CT molecular complexity index is 661. The van der Waals surface area contributed by atoms with E-state index in [-0.39, 0.29) is 12.4 Å². The molecule has 0 aliphatic heterocycles. The maximum absolute atomic E-state index is 13.5. The third kappa shape index (κ3) is 4.01. The van der Waals surface area contributed by atoms with Gasteiger partial charge in [0.2, 0.25) is 0 Å². The number of benzene rings is 2. The third-order valence-corrected chi connectivity index (χ3v) is 4.15. The summed E-state index contributed by atoms with van der Waals surface area (Å²) in [7, 11) is 0. The zero-order chi connectivity index (χ0) is 14.4. The molecule has 0 aromatic heterocycles. The molecule has 1 N–H and O–H groups in total. The van der Waals surface area contributed by atoms with Crippen molar-refractivity contribution in [1.29, 1.82) is 0 Å². The number of aliphatic hydroxyl groups is 1. The van der Waals surface area contributed by atoms with Gasteiger partial charge in [-0.2, -0.15) is 0 Å². The zero-order valence-electron chi connectivity index (χ0n) is 10.6. The van der Waals surface area contributed by atoms with Gasteiger partial charge in [0.25, 0.3) is 0 Å². The molecule has 0 radical (unpaired) electrons. The number of halogens is 2. The Labute approximate surface area is 126 Å². The van der Waals surface area contributed by atoms with E-state index in [0.717, 1.165) is 10.5 Å². The van der Waals surface area contributed by atoms with Crippen molar-refractivity contribution in [3.63, 3.8) is 0 Å². The summed E-state index contributed by atoms with van der Waals surface area (Å²) < 4.78 is 13.5. The summed E-state index contributed by atoms with van der Waals surface area (Å²) >= 11 is 7.67. The standard InChI is InChI=1S/C16H12ClFOS/c17-14-5-1-2-6-16(14)20-11-12-7-8-15(18)13(10-12)4-3-9-19/h1-2,5-8,10,19H,9,11H2. The molecule has 0 bridgehead atoms. The number of hydrogen-bond donors (Lipinski definition) is 1. The fourth-order valence-electron chi connectivity index (χ4n) is 1.62. The molecule has 2 rings (SSSR count). The van der Waals surface area contributed by atoms with Crippen molar-refractivity contribution < 1.29 is 9.50 Å². The first-order valence-electron chi connectivity index (χ1n) is 5.96. The molecule has 20 heavy (non-hydrogen) atoms. The summed E-state index contributed by atoms with van der Waals surface area (Å²) in [6.07, 6.45) is 0. The Morgan fingerprint density at radius 1 is 1.20 bits per heavy atom. The van der Waals surface area contributed by atoms with Crippen molar-refractivity contribution in [2.24, 2.45) is 0 Å². The van der Waals surface area contributed by atoms with Crippen LogP contribution in [-0.2, 0) is 5.75 Å². The second kappa shape index (κ2) is 7.35. The van der Waals surface area contributed by atoms with Crippen LogP contribution in [0, 0.1) is 17.7 Å². The SMILES string of the molecule is OCC#Cc1cc(CSc2ccccc2Cl)ccc1F. The summed E-state index contributed by atoms with van der Waals surface area (Å²) in [5.41, 5.74) is 1.26. The molecule has 0 fully saturated rings. The van der Waals surface area contributed by atoms with Crippen LogP contribution >= 0.6 is 23.4 Å². The van der Waals surface area contributed by atoms with Gasteiger partial charge in [0, 0.05) is 10.6 Å². The van der Waals surface area contributed by atoms with E-state index in [4.69, 9.17) is 16.7 Å². The molecule has 102 valence electrons. The molecule has 2 aromatic rings. The Balaban J connectivity index is 2.12. The van der Waals surface area contributed by atoms with Gasteiger partial charge in [0.05, 0.1) is 10.6 Å². The van der Waals surface area contributed by atoms with Crippen LogP contribution in [0.25, 0.3) is 0 Å². The number of aliphatic hydroxyl groups excluding tert-OH is 1. The van der Waals surface area contributed by atoms with Crippen LogP contribution < -0.4 is 0 Å². The highest BCUT2D eigenvalue weighted by Gasteiger charge is 2.04. The van der Waals surface area contributed by atoms with Gasteiger partial charge >= 0.3 is 0 Å². The lowest BCUT2D eigenvalue weighted by molar-refractivity contribution is 0.350. The highest BCUT2D eigenvalue weighted by molar-refractivity contribution is 7.98. The average Bonchev–Trinajstić information content (AvgIpc) is 2.46. The van der Waals surface area contributed by atoms with E-state index in [1.807, 2.05) is 24.3 Å². The maximum Gasteiger partial charge on any atom is 0.138 e. The van der Waals surface area contributed by atoms with Gasteiger partial charge in [-0.15, -0.1) is 11.8 Å². The van der Waals surface area contributed by atoms with Gasteiger partial charge in [-0.05, 0) is 29.8 Å². The quantitative estimate of drug-likeness (QED) is 0.680. The van der Waals surface area contributed by atoms with Gasteiger partial charge in [0.15, 0.2) is 0 Å². The Kier molecular flexibility index (Phi) is 5.49. The minimum atomic E-state index is -0.377. The predicted molar refractivity (Wildman–Crippen MR) is 81.4 cm³/mol. The molecule has 0 heterocycles. The molecule has 0 saturated carbocycles. The summed E-state index contributed by atoms with van der Waals surface area (Å²) in [5, 5.41) is 9.36. The van der Waals surface area contributed by atoms with Gasteiger partial charge in [-0.1, -0.05) is 41.6 Å². The molecule has 1 nitrogen and oxygen atoms in total. The van der Waals surface area contributed by atoms with Crippen LogP contribution in [0.15, 0.2) is 47.4 Å². The summed E-state index contributed by atoms with van der Waals surface area (Å²) in [4.78, 5) is 0.987. The predicted octanol–water partition coefficient (Wildman–Crippen LogP) is 4.12. The normalized spacial score (nSPS) is 9.95. The van der Waals surface area contributed by atoms with Crippen molar-refractivity contribution in [2.45, 2.75) is 10.6 Å². The Morgan fingerprint density at radius 3 is 2.75 bits per heavy atom. The van der Waals surface area contributed by atoms with Crippen molar-refractivity contribution in [1.82, 2.24) is 0 Å². The average molecular weight is 307 g/mol. The van der Waals surface area contributed by atoms with Gasteiger partial charge in [-0.3, -0.25) is 0 Å². The van der Waals surface area contributed by atoms with E-state index in [1.165, 1.54) is 6.07 Å². The highest BCUT2D eigenvalue weighted by Crippen LogP contribution is 2.29. The first-order chi connectivity index (χ1) is 9.70. The lowest BCUT2D eigenvalue weighted by Gasteiger charge is -2.05. The molecule has 0 atom stereocenters. The molecule has 0 unspecified atom stereocenters. The molecule has 4 heteroatoms. The maximum atomic E-state index is 13.5. The van der Waals surface area contributed by atoms with E-state index in [0.29, 0.717) is 16.3 Å². The Morgan fingerprint density at radius 2 is 2.00 bits per heavy atom. The van der Waals surface area contributed by atoms with Crippen molar-refractivity contribution in [3.8, 4) is 11.8 Å². The molecule has 0 saturated heterocycles. The molecule has 2 aromatic carbocycles. The van der Waals surface area contributed by atoms with Crippen LogP contribution in [0.1, 0.15) is 11.1 Å². The number of thioether (sulfide) groups is 1. The van der Waals surface area contributed by atoms with E-state index in [1.54, 1.807) is 23.9 Å². The van der Waals surface area contributed by atoms with E-state index in [9.17, 15) is 4.39 Å². The van der Waals surface area contributed by atoms with Gasteiger partial charge in [0.1, 0.15) is 12.4 Å². The van der Waals surface area contributed by atoms with Crippen LogP contribution in [-0.4, -0.2) is 11.7 Å². The first kappa shape index (κ1) is 14.9. The molecule has 0 spiro atoms. The lowest BCUT2D eigenvalue weighted by atomic mass is 10.1. The van der Waals surface area contributed by atoms with Crippen LogP contribution in [0.5, 0.6) is 0 Å². The number of hydrogen-bond acceptors (Lipinski definition) is 2. The first-order valence-corrected chi connectivity index (χ1v) is 7.32. The Hall–Kier alpha value is -1.47. The molecular formula is C16H12ClFOS. The van der Waals surface area contributed by atoms with E-state index < -0.39 is 0 Å². The van der Waals surface area contributed by atoms with Gasteiger partial charge < -0.3 is 5.11 Å². The molecular weight excluding hydrogens is 295 g/mol. The van der Waals surface area contributed by atoms with Crippen molar-refractivity contribution >= 4 is 23.4 Å². The van der Waals surface area contributed by atoms with E-state index in [2.05, 4.69) is 11.8 Å². The largest absolute Gasteiger partial charge is 0.384 e. The van der Waals surface area contributed by atoms with Gasteiger partial charge in [-0.25, -0.2) is 4.39 Å². The zero-order valence-corrected chi connectivity index (χ0v) is 12.1. The summed E-state index contributed by atoms with van der Waals surface area (Å²) in [6.45, 7) is -0.280. The van der Waals surface area contributed by atoms with Crippen LogP contribution in [0.2, 0.25) is 5.02 Å². The summed E-state index contributed by atoms with van der Waals surface area (Å²) in [5.74, 6) is 5.36. The summed E-state index contributed by atoms with van der Waals surface area (Å²) in [6, 6.07) is 12.4. The minimum absolute atomic E-state index is 0.280. The van der Waals surface area contributed by atoms with E-state index >= 15 is 0 Å². The fourth-order valence-corrected chi connectivity index (χ4v) is 2.80. The third-order valence-electron chi connectivity index (χ3n) is 2.56. The number of rotatable bonds is 3. The monoisotopic (exact) mass is 306 g/mol. The minimum Gasteiger partial charge on any atom is -0.384 e. The second-order valence-corrected chi connectivity index (χ2v) is 5.42. The van der Waals surface area contributed by atoms with Crippen LogP contribution in [0.4, 0.5) is 4.39 Å². The smallest absolute Gasteiger partial charge is 0.138 e. The topological polar surface area (TPSA) is 20.2 Å². The molecule has 0 aliphatic carbocycles. The van der Waals surface area contributed by atoms with Crippen LogP contribution in [0.3, 0.4) is 0 Å². The van der Waals surface area contributed by atoms with Crippen molar-refractivity contribution in [3.05, 3.63) is 64.4 Å². The fraction of sp³-hybridized carbons (Fsp3) is 0.125. The molecule has 0 amide bonds. The molecule has 0 aliphatic rings. The highest BCUT2D eigenvalue weighted by atomic mass is 35.5.